The third kappa shape index (κ3) is 2.31. The van der Waals surface area contributed by atoms with Crippen LogP contribution in [0.4, 0.5) is 4.39 Å². The van der Waals surface area contributed by atoms with Gasteiger partial charge in [-0.25, -0.2) is 4.39 Å². The van der Waals surface area contributed by atoms with Crippen molar-refractivity contribution in [1.82, 2.24) is 5.32 Å². The van der Waals surface area contributed by atoms with Crippen LogP contribution in [-0.4, -0.2) is 14.2 Å². The van der Waals surface area contributed by atoms with E-state index in [0.29, 0.717) is 11.3 Å². The van der Waals surface area contributed by atoms with Gasteiger partial charge in [-0.3, -0.25) is 0 Å². The van der Waals surface area contributed by atoms with Crippen LogP contribution < -0.4 is 10.1 Å². The zero-order valence-electron chi connectivity index (χ0n) is 9.74. The van der Waals surface area contributed by atoms with Gasteiger partial charge >= 0.3 is 0 Å². The van der Waals surface area contributed by atoms with Gasteiger partial charge in [0.1, 0.15) is 17.3 Å². The second-order valence-corrected chi connectivity index (χ2v) is 3.62. The quantitative estimate of drug-likeness (QED) is 0.884. The van der Waals surface area contributed by atoms with E-state index in [9.17, 15) is 4.39 Å². The van der Waals surface area contributed by atoms with Gasteiger partial charge in [-0.05, 0) is 37.4 Å². The Kier molecular flexibility index (Phi) is 3.44. The number of rotatable bonds is 4. The minimum Gasteiger partial charge on any atom is -0.496 e. The van der Waals surface area contributed by atoms with Crippen LogP contribution in [-0.2, 0) is 0 Å². The fourth-order valence-corrected chi connectivity index (χ4v) is 1.84. The van der Waals surface area contributed by atoms with Crippen molar-refractivity contribution in [2.45, 2.75) is 6.04 Å². The Morgan fingerprint density at radius 1 is 1.35 bits per heavy atom. The molecule has 2 aromatic rings. The first kappa shape index (κ1) is 11.7. The zero-order chi connectivity index (χ0) is 12.3. The summed E-state index contributed by atoms with van der Waals surface area (Å²) in [7, 11) is 3.35. The van der Waals surface area contributed by atoms with Gasteiger partial charge in [0, 0.05) is 5.56 Å². The van der Waals surface area contributed by atoms with Crippen LogP contribution in [0.1, 0.15) is 17.4 Å². The molecule has 1 N–H and O–H groups in total. The standard InChI is InChI=1S/C13H14FNO2/c1-15-13(12-4-3-7-17-12)10-8-9(14)5-6-11(10)16-2/h3-8,13,15H,1-2H3. The number of nitrogens with one attached hydrogen (secondary N) is 1. The van der Waals surface area contributed by atoms with Crippen molar-refractivity contribution in [3.05, 3.63) is 53.7 Å². The SMILES string of the molecule is CNC(c1ccco1)c1cc(F)ccc1OC. The number of methoxy groups -OCH3 is 1. The van der Waals surface area contributed by atoms with E-state index in [4.69, 9.17) is 9.15 Å². The highest BCUT2D eigenvalue weighted by Crippen LogP contribution is 2.30. The number of benzene rings is 1. The molecule has 0 radical (unpaired) electrons. The van der Waals surface area contributed by atoms with Crippen LogP contribution in [0.3, 0.4) is 0 Å². The van der Waals surface area contributed by atoms with Crippen molar-refractivity contribution in [3.8, 4) is 5.75 Å². The molecular weight excluding hydrogens is 221 g/mol. The third-order valence-electron chi connectivity index (χ3n) is 2.62. The van der Waals surface area contributed by atoms with Crippen LogP contribution in [0.2, 0.25) is 0 Å². The van der Waals surface area contributed by atoms with Crippen LogP contribution in [0.15, 0.2) is 41.0 Å². The maximum Gasteiger partial charge on any atom is 0.125 e. The molecule has 1 aromatic carbocycles. The first-order valence-corrected chi connectivity index (χ1v) is 5.30. The molecule has 0 amide bonds. The molecule has 1 aromatic heterocycles. The van der Waals surface area contributed by atoms with Gasteiger partial charge in [-0.2, -0.15) is 0 Å². The molecule has 0 bridgehead atoms. The Hall–Kier alpha value is -1.81. The Bertz CT molecular complexity index is 482. The van der Waals surface area contributed by atoms with Crippen molar-refractivity contribution in [2.75, 3.05) is 14.2 Å². The second kappa shape index (κ2) is 5.01. The highest BCUT2D eigenvalue weighted by Gasteiger charge is 2.19. The zero-order valence-corrected chi connectivity index (χ0v) is 9.74. The Balaban J connectivity index is 2.46. The molecule has 17 heavy (non-hydrogen) atoms. The van der Waals surface area contributed by atoms with E-state index in [-0.39, 0.29) is 11.9 Å². The lowest BCUT2D eigenvalue weighted by Gasteiger charge is -2.17. The number of ether oxygens (including phenoxy) is 1. The fourth-order valence-electron chi connectivity index (χ4n) is 1.84. The van der Waals surface area contributed by atoms with Gasteiger partial charge in [-0.1, -0.05) is 0 Å². The molecule has 1 atom stereocenters. The highest BCUT2D eigenvalue weighted by molar-refractivity contribution is 5.39. The van der Waals surface area contributed by atoms with E-state index in [1.165, 1.54) is 12.1 Å². The van der Waals surface area contributed by atoms with Crippen molar-refractivity contribution in [2.24, 2.45) is 0 Å². The van der Waals surface area contributed by atoms with E-state index < -0.39 is 0 Å². The van der Waals surface area contributed by atoms with E-state index >= 15 is 0 Å². The molecular formula is C13H14FNO2. The second-order valence-electron chi connectivity index (χ2n) is 3.62. The molecule has 0 saturated heterocycles. The monoisotopic (exact) mass is 235 g/mol. The molecule has 1 unspecified atom stereocenters. The Labute approximate surface area is 99.2 Å². The summed E-state index contributed by atoms with van der Waals surface area (Å²) in [5.41, 5.74) is 0.713. The molecule has 0 saturated carbocycles. The molecule has 3 nitrogen and oxygen atoms in total. The lowest BCUT2D eigenvalue weighted by molar-refractivity contribution is 0.395. The third-order valence-corrected chi connectivity index (χ3v) is 2.62. The summed E-state index contributed by atoms with van der Waals surface area (Å²) < 4.78 is 23.9. The maximum atomic E-state index is 13.3. The lowest BCUT2D eigenvalue weighted by atomic mass is 10.0. The summed E-state index contributed by atoms with van der Waals surface area (Å²) in [6.07, 6.45) is 1.59. The van der Waals surface area contributed by atoms with E-state index in [0.717, 1.165) is 5.76 Å². The normalized spacial score (nSPS) is 12.4. The van der Waals surface area contributed by atoms with Crippen molar-refractivity contribution >= 4 is 0 Å². The lowest BCUT2D eigenvalue weighted by Crippen LogP contribution is -2.18. The molecule has 0 aliphatic carbocycles. The summed E-state index contributed by atoms with van der Waals surface area (Å²) in [6, 6.07) is 7.84. The molecule has 4 heteroatoms. The topological polar surface area (TPSA) is 34.4 Å². The summed E-state index contributed by atoms with van der Waals surface area (Å²) in [5, 5.41) is 3.08. The average Bonchev–Trinajstić information content (AvgIpc) is 2.84. The molecule has 1 heterocycles. The minimum absolute atomic E-state index is 0.226. The van der Waals surface area contributed by atoms with E-state index in [2.05, 4.69) is 5.32 Å². The Morgan fingerprint density at radius 2 is 2.18 bits per heavy atom. The molecule has 0 aliphatic heterocycles. The number of halogens is 1. The molecule has 90 valence electrons. The minimum atomic E-state index is -0.299. The predicted octanol–water partition coefficient (Wildman–Crippen LogP) is 2.74. The van der Waals surface area contributed by atoms with E-state index in [1.54, 1.807) is 32.6 Å². The van der Waals surface area contributed by atoms with Gasteiger partial charge < -0.3 is 14.5 Å². The smallest absolute Gasteiger partial charge is 0.125 e. The van der Waals surface area contributed by atoms with Gasteiger partial charge in [0.05, 0.1) is 19.4 Å². The molecule has 2 rings (SSSR count). The summed E-state index contributed by atoms with van der Waals surface area (Å²) in [5.74, 6) is 1.05. The van der Waals surface area contributed by atoms with Gasteiger partial charge in [0.25, 0.3) is 0 Å². The van der Waals surface area contributed by atoms with Gasteiger partial charge in [-0.15, -0.1) is 0 Å². The van der Waals surface area contributed by atoms with E-state index in [1.807, 2.05) is 6.07 Å². The molecule has 0 spiro atoms. The van der Waals surface area contributed by atoms with Crippen molar-refractivity contribution in [3.63, 3.8) is 0 Å². The maximum absolute atomic E-state index is 13.3. The van der Waals surface area contributed by atoms with Crippen LogP contribution >= 0.6 is 0 Å². The Morgan fingerprint density at radius 3 is 2.76 bits per heavy atom. The van der Waals surface area contributed by atoms with Crippen LogP contribution in [0.25, 0.3) is 0 Å². The number of hydrogen-bond donors (Lipinski definition) is 1. The first-order chi connectivity index (χ1) is 8.26. The summed E-state index contributed by atoms with van der Waals surface area (Å²) >= 11 is 0. The van der Waals surface area contributed by atoms with Crippen molar-refractivity contribution < 1.29 is 13.5 Å². The van der Waals surface area contributed by atoms with Crippen LogP contribution in [0, 0.1) is 5.82 Å². The number of hydrogen-bond acceptors (Lipinski definition) is 3. The number of furan rings is 1. The summed E-state index contributed by atoms with van der Waals surface area (Å²) in [4.78, 5) is 0. The highest BCUT2D eigenvalue weighted by atomic mass is 19.1. The van der Waals surface area contributed by atoms with Crippen molar-refractivity contribution in [1.29, 1.82) is 0 Å². The predicted molar refractivity (Wildman–Crippen MR) is 62.6 cm³/mol. The summed E-state index contributed by atoms with van der Waals surface area (Å²) in [6.45, 7) is 0. The first-order valence-electron chi connectivity index (χ1n) is 5.30. The van der Waals surface area contributed by atoms with Crippen LogP contribution in [0.5, 0.6) is 5.75 Å². The molecule has 0 aliphatic rings. The average molecular weight is 235 g/mol. The largest absolute Gasteiger partial charge is 0.496 e. The fraction of sp³-hybridized carbons (Fsp3) is 0.231. The van der Waals surface area contributed by atoms with Gasteiger partial charge in [0.2, 0.25) is 0 Å². The van der Waals surface area contributed by atoms with Gasteiger partial charge in [0.15, 0.2) is 0 Å². The molecule has 0 fully saturated rings.